The van der Waals surface area contributed by atoms with Crippen LogP contribution in [0.1, 0.15) is 55.3 Å². The Morgan fingerprint density at radius 1 is 1.07 bits per heavy atom. The molecule has 13 heteroatoms. The number of amides is 1. The van der Waals surface area contributed by atoms with Gasteiger partial charge in [0.1, 0.15) is 24.1 Å². The Labute approximate surface area is 269 Å². The summed E-state index contributed by atoms with van der Waals surface area (Å²) in [6.07, 6.45) is 4.11. The number of nitrogens with zero attached hydrogens (tertiary/aromatic N) is 5. The van der Waals surface area contributed by atoms with Crippen LogP contribution >= 0.6 is 8.53 Å². The van der Waals surface area contributed by atoms with Crippen molar-refractivity contribution in [2.45, 2.75) is 69.3 Å². The number of hydrogen-bond acceptors (Lipinski definition) is 10. The summed E-state index contributed by atoms with van der Waals surface area (Å²) in [5.74, 6) is 0.0320. The van der Waals surface area contributed by atoms with Crippen LogP contribution in [0.25, 0.3) is 11.2 Å². The summed E-state index contributed by atoms with van der Waals surface area (Å²) in [5.41, 5.74) is 2.16. The van der Waals surface area contributed by atoms with E-state index >= 15 is 0 Å². The molecule has 7 rings (SSSR count). The second-order valence-electron chi connectivity index (χ2n) is 11.9. The number of benzene rings is 2. The van der Waals surface area contributed by atoms with E-state index in [2.05, 4.69) is 63.1 Å². The lowest BCUT2D eigenvalue weighted by Gasteiger charge is -2.29. The first-order chi connectivity index (χ1) is 22.5. The third-order valence-electron chi connectivity index (χ3n) is 9.08. The molecule has 46 heavy (non-hydrogen) atoms. The SMILES string of the molecule is CC[C@H]1O[C@@H](n2cnc3c(NC(=O)c4ccccc4)ncnc32)C(OCCOC)[C@H]1O[P@@]1O[C@](C)(c2ccccc2)[C@@H]2CCCN21. The Bertz CT molecular complexity index is 1650. The van der Waals surface area contributed by atoms with Crippen molar-refractivity contribution in [3.63, 3.8) is 0 Å². The highest BCUT2D eigenvalue weighted by Crippen LogP contribution is 2.64. The highest BCUT2D eigenvalue weighted by atomic mass is 31.2. The van der Waals surface area contributed by atoms with Crippen LogP contribution in [-0.4, -0.2) is 81.3 Å². The maximum atomic E-state index is 12.9. The van der Waals surface area contributed by atoms with Gasteiger partial charge in [0.05, 0.1) is 31.7 Å². The van der Waals surface area contributed by atoms with Crippen LogP contribution in [0.2, 0.25) is 0 Å². The minimum absolute atomic E-state index is 0.228. The second kappa shape index (κ2) is 13.4. The van der Waals surface area contributed by atoms with Crippen molar-refractivity contribution in [3.05, 3.63) is 84.4 Å². The van der Waals surface area contributed by atoms with E-state index in [4.69, 9.17) is 23.3 Å². The number of carbonyl (C=O) groups is 1. The summed E-state index contributed by atoms with van der Waals surface area (Å²) in [7, 11) is 0.257. The molecule has 0 saturated carbocycles. The number of methoxy groups -OCH3 is 1. The van der Waals surface area contributed by atoms with Gasteiger partial charge in [-0.2, -0.15) is 0 Å². The molecular formula is C33H39N6O6P. The van der Waals surface area contributed by atoms with Crippen LogP contribution in [-0.2, 0) is 28.9 Å². The molecule has 3 fully saturated rings. The highest BCUT2D eigenvalue weighted by molar-refractivity contribution is 7.45. The lowest BCUT2D eigenvalue weighted by Crippen LogP contribution is -2.37. The molecule has 0 spiro atoms. The largest absolute Gasteiger partial charge is 0.382 e. The molecule has 7 atom stereocenters. The topological polar surface area (TPSA) is 122 Å². The van der Waals surface area contributed by atoms with E-state index in [1.54, 1.807) is 25.6 Å². The smallest absolute Gasteiger partial charge is 0.260 e. The maximum absolute atomic E-state index is 12.9. The molecule has 0 aliphatic carbocycles. The Balaban J connectivity index is 1.18. The van der Waals surface area contributed by atoms with Crippen LogP contribution in [0.3, 0.4) is 0 Å². The Kier molecular flexibility index (Phi) is 9.11. The van der Waals surface area contributed by atoms with Gasteiger partial charge in [-0.15, -0.1) is 0 Å². The number of aromatic nitrogens is 4. The zero-order chi connectivity index (χ0) is 31.7. The van der Waals surface area contributed by atoms with E-state index in [0.717, 1.165) is 24.9 Å². The van der Waals surface area contributed by atoms with Gasteiger partial charge in [-0.25, -0.2) is 19.6 Å². The Morgan fingerprint density at radius 2 is 1.85 bits per heavy atom. The first-order valence-corrected chi connectivity index (χ1v) is 16.9. The molecule has 3 aliphatic rings. The predicted molar refractivity (Wildman–Crippen MR) is 172 cm³/mol. The predicted octanol–water partition coefficient (Wildman–Crippen LogP) is 5.44. The summed E-state index contributed by atoms with van der Waals surface area (Å²) < 4.78 is 36.6. The van der Waals surface area contributed by atoms with Crippen molar-refractivity contribution >= 4 is 31.4 Å². The van der Waals surface area contributed by atoms with Crippen LogP contribution < -0.4 is 5.32 Å². The standard InChI is InChI=1S/C33H39N6O6P/c1-4-24-27(44-46-39-17-11-16-25(39)33(2,45-46)23-14-9-6-10-15-23)28(42-19-18-41-3)32(43-24)38-21-36-26-29(34-20-35-30(26)38)37-31(40)22-12-7-5-8-13-22/h5-10,12-15,20-21,24-25,27-28,32H,4,11,16-19H2,1-3H3,(H,34,35,37,40)/t24-,25+,27+,28?,32-,33-,46+/m1/s1. The number of nitrogens with one attached hydrogen (secondary N) is 1. The number of anilines is 1. The monoisotopic (exact) mass is 646 g/mol. The third kappa shape index (κ3) is 5.73. The molecule has 2 aromatic carbocycles. The van der Waals surface area contributed by atoms with Crippen molar-refractivity contribution in [1.82, 2.24) is 24.2 Å². The lowest BCUT2D eigenvalue weighted by molar-refractivity contribution is -0.0751. The van der Waals surface area contributed by atoms with E-state index in [-0.39, 0.29) is 18.1 Å². The van der Waals surface area contributed by atoms with Crippen LogP contribution in [0.15, 0.2) is 73.3 Å². The molecule has 1 unspecified atom stereocenters. The van der Waals surface area contributed by atoms with Crippen molar-refractivity contribution in [2.24, 2.45) is 0 Å². The molecule has 3 saturated heterocycles. The third-order valence-corrected chi connectivity index (χ3v) is 10.9. The summed E-state index contributed by atoms with van der Waals surface area (Å²) in [5, 5.41) is 2.88. The molecule has 12 nitrogen and oxygen atoms in total. The molecule has 3 aliphatic heterocycles. The molecule has 2 aromatic heterocycles. The fraction of sp³-hybridized carbons (Fsp3) is 0.455. The van der Waals surface area contributed by atoms with Gasteiger partial charge in [-0.1, -0.05) is 55.5 Å². The van der Waals surface area contributed by atoms with E-state index < -0.39 is 32.6 Å². The van der Waals surface area contributed by atoms with Crippen LogP contribution in [0.5, 0.6) is 0 Å². The number of hydrogen-bond donors (Lipinski definition) is 1. The number of fused-ring (bicyclic) bond motifs is 2. The average Bonchev–Trinajstić information content (AvgIpc) is 3.87. The van der Waals surface area contributed by atoms with Gasteiger partial charge in [0, 0.05) is 19.2 Å². The van der Waals surface area contributed by atoms with Crippen molar-refractivity contribution in [2.75, 3.05) is 32.2 Å². The van der Waals surface area contributed by atoms with Crippen molar-refractivity contribution in [1.29, 1.82) is 0 Å². The normalized spacial score (nSPS) is 29.4. The van der Waals surface area contributed by atoms with E-state index in [1.807, 2.05) is 28.8 Å². The molecule has 4 aromatic rings. The second-order valence-corrected chi connectivity index (χ2v) is 13.2. The maximum Gasteiger partial charge on any atom is 0.260 e. The first kappa shape index (κ1) is 31.3. The fourth-order valence-electron chi connectivity index (χ4n) is 6.71. The van der Waals surface area contributed by atoms with Crippen LogP contribution in [0, 0.1) is 0 Å². The number of rotatable bonds is 11. The van der Waals surface area contributed by atoms with Crippen LogP contribution in [0.4, 0.5) is 5.82 Å². The summed E-state index contributed by atoms with van der Waals surface area (Å²) in [6, 6.07) is 19.6. The van der Waals surface area contributed by atoms with E-state index in [0.29, 0.717) is 42.2 Å². The molecule has 1 amide bonds. The number of imidazole rings is 1. The van der Waals surface area contributed by atoms with Gasteiger partial charge in [0.25, 0.3) is 14.4 Å². The quantitative estimate of drug-likeness (QED) is 0.167. The van der Waals surface area contributed by atoms with Crippen molar-refractivity contribution < 1.29 is 28.1 Å². The van der Waals surface area contributed by atoms with E-state index in [9.17, 15) is 4.79 Å². The minimum Gasteiger partial charge on any atom is -0.382 e. The van der Waals surface area contributed by atoms with Gasteiger partial charge >= 0.3 is 0 Å². The molecule has 5 heterocycles. The minimum atomic E-state index is -1.39. The van der Waals surface area contributed by atoms with Gasteiger partial charge < -0.3 is 28.6 Å². The molecule has 0 bridgehead atoms. The molecular weight excluding hydrogens is 607 g/mol. The lowest BCUT2D eigenvalue weighted by atomic mass is 9.87. The molecule has 0 radical (unpaired) electrons. The summed E-state index contributed by atoms with van der Waals surface area (Å²) >= 11 is 0. The van der Waals surface area contributed by atoms with E-state index in [1.165, 1.54) is 6.33 Å². The zero-order valence-electron chi connectivity index (χ0n) is 26.2. The summed E-state index contributed by atoms with van der Waals surface area (Å²) in [4.78, 5) is 26.4. The summed E-state index contributed by atoms with van der Waals surface area (Å²) in [6.45, 7) is 5.95. The molecule has 242 valence electrons. The zero-order valence-corrected chi connectivity index (χ0v) is 27.1. The highest BCUT2D eigenvalue weighted by Gasteiger charge is 2.57. The van der Waals surface area contributed by atoms with Crippen molar-refractivity contribution in [3.8, 4) is 0 Å². The Hall–Kier alpha value is -3.35. The number of carbonyl (C=O) groups excluding carboxylic acids is 1. The Morgan fingerprint density at radius 3 is 2.61 bits per heavy atom. The van der Waals surface area contributed by atoms with Gasteiger partial charge in [0.15, 0.2) is 23.2 Å². The molecule has 1 N–H and O–H groups in total. The number of ether oxygens (including phenoxy) is 3. The van der Waals surface area contributed by atoms with Gasteiger partial charge in [0.2, 0.25) is 0 Å². The fourth-order valence-corrected chi connectivity index (χ4v) is 8.87. The van der Waals surface area contributed by atoms with Gasteiger partial charge in [-0.05, 0) is 43.9 Å². The van der Waals surface area contributed by atoms with Gasteiger partial charge in [-0.3, -0.25) is 9.36 Å². The average molecular weight is 647 g/mol. The first-order valence-electron chi connectivity index (χ1n) is 15.8.